The predicted octanol–water partition coefficient (Wildman–Crippen LogP) is 2.31. The Morgan fingerprint density at radius 1 is 1.35 bits per heavy atom. The van der Waals surface area contributed by atoms with Crippen molar-refractivity contribution in [3.8, 4) is 0 Å². The van der Waals surface area contributed by atoms with Gasteiger partial charge in [0.05, 0.1) is 11.8 Å². The zero-order valence-electron chi connectivity index (χ0n) is 13.5. The van der Waals surface area contributed by atoms with Crippen LogP contribution in [0, 0.1) is 0 Å². The second-order valence-electron chi connectivity index (χ2n) is 6.82. The molecule has 0 unspecified atom stereocenters. The maximum atomic E-state index is 11.3. The van der Waals surface area contributed by atoms with Gasteiger partial charge in [0, 0.05) is 23.5 Å². The molecule has 0 radical (unpaired) electrons. The molecule has 23 heavy (non-hydrogen) atoms. The Balaban J connectivity index is 1.80. The molecule has 2 aliphatic rings. The molecule has 0 spiro atoms. The monoisotopic (exact) mass is 334 g/mol. The predicted molar refractivity (Wildman–Crippen MR) is 90.0 cm³/mol. The first-order valence-corrected chi connectivity index (χ1v) is 9.91. The van der Waals surface area contributed by atoms with E-state index >= 15 is 0 Å². The Labute approximate surface area is 137 Å². The lowest BCUT2D eigenvalue weighted by atomic mass is 9.75. The normalized spacial score (nSPS) is 24.8. The van der Waals surface area contributed by atoms with E-state index in [0.717, 1.165) is 24.7 Å². The summed E-state index contributed by atoms with van der Waals surface area (Å²) in [5, 5.41) is 1.31. The van der Waals surface area contributed by atoms with Gasteiger partial charge in [0.1, 0.15) is 6.73 Å². The van der Waals surface area contributed by atoms with Gasteiger partial charge in [0.15, 0.2) is 0 Å². The molecule has 1 aliphatic heterocycles. The van der Waals surface area contributed by atoms with Crippen molar-refractivity contribution in [2.75, 3.05) is 19.8 Å². The molecule has 1 fully saturated rings. The number of rotatable bonds is 3. The fourth-order valence-electron chi connectivity index (χ4n) is 4.30. The first-order valence-electron chi connectivity index (χ1n) is 8.09. The molecule has 0 bridgehead atoms. The van der Waals surface area contributed by atoms with Crippen LogP contribution >= 0.6 is 0 Å². The van der Waals surface area contributed by atoms with Gasteiger partial charge in [-0.05, 0) is 50.0 Å². The molecule has 1 aromatic heterocycles. The van der Waals surface area contributed by atoms with E-state index in [1.807, 2.05) is 4.57 Å². The molecule has 0 N–H and O–H groups in total. The molecule has 1 aliphatic carbocycles. The van der Waals surface area contributed by atoms with Crippen LogP contribution in [0.2, 0.25) is 0 Å². The first-order chi connectivity index (χ1) is 10.9. The van der Waals surface area contributed by atoms with Crippen molar-refractivity contribution < 1.29 is 12.6 Å². The Kier molecular flexibility index (Phi) is 3.51. The summed E-state index contributed by atoms with van der Waals surface area (Å²) in [5.41, 5.74) is 3.80. The van der Waals surface area contributed by atoms with Crippen LogP contribution in [0.3, 0.4) is 0 Å². The summed E-state index contributed by atoms with van der Waals surface area (Å²) < 4.78 is 29.5. The van der Waals surface area contributed by atoms with Crippen molar-refractivity contribution in [3.63, 3.8) is 0 Å². The van der Waals surface area contributed by atoms with Crippen LogP contribution in [0.15, 0.2) is 24.4 Å². The van der Waals surface area contributed by atoms with Crippen LogP contribution in [0.5, 0.6) is 0 Å². The van der Waals surface area contributed by atoms with Crippen molar-refractivity contribution in [3.05, 3.63) is 35.5 Å². The third kappa shape index (κ3) is 2.58. The number of likely N-dealkylation sites (N-methyl/N-ethyl adjacent to an activating group) is 1. The number of aromatic nitrogens is 1. The molecule has 0 saturated carbocycles. The second-order valence-corrected chi connectivity index (χ2v) is 8.46. The van der Waals surface area contributed by atoms with E-state index in [9.17, 15) is 8.42 Å². The molecule has 1 aromatic carbocycles. The number of piperidine rings is 1. The maximum Gasteiger partial charge on any atom is 0.266 e. The lowest BCUT2D eigenvalue weighted by Gasteiger charge is -2.42. The zero-order chi connectivity index (χ0) is 16.2. The average molecular weight is 334 g/mol. The summed E-state index contributed by atoms with van der Waals surface area (Å²) in [7, 11) is -1.23. The lowest BCUT2D eigenvalue weighted by Crippen LogP contribution is -2.44. The van der Waals surface area contributed by atoms with Gasteiger partial charge in [-0.1, -0.05) is 12.1 Å². The number of nitrogens with zero attached hydrogens (tertiary/aromatic N) is 2. The van der Waals surface area contributed by atoms with E-state index in [-0.39, 0.29) is 6.73 Å². The smallest absolute Gasteiger partial charge is 0.266 e. The summed E-state index contributed by atoms with van der Waals surface area (Å²) in [4.78, 5) is 2.47. The third-order valence-corrected chi connectivity index (χ3v) is 5.84. The molecular weight excluding hydrogens is 312 g/mol. The molecule has 0 amide bonds. The fraction of sp³-hybridized carbons (Fsp3) is 0.529. The summed E-state index contributed by atoms with van der Waals surface area (Å²) in [6, 6.07) is 6.92. The average Bonchev–Trinajstić information content (AvgIpc) is 2.85. The van der Waals surface area contributed by atoms with Gasteiger partial charge in [-0.2, -0.15) is 8.42 Å². The van der Waals surface area contributed by atoms with E-state index in [1.54, 1.807) is 0 Å². The topological polar surface area (TPSA) is 51.5 Å². The van der Waals surface area contributed by atoms with Crippen LogP contribution in [0.1, 0.15) is 29.9 Å². The van der Waals surface area contributed by atoms with Crippen molar-refractivity contribution in [2.45, 2.75) is 38.0 Å². The van der Waals surface area contributed by atoms with E-state index in [0.29, 0.717) is 12.0 Å². The highest BCUT2D eigenvalue weighted by atomic mass is 32.2. The lowest BCUT2D eigenvalue weighted by molar-refractivity contribution is 0.157. The maximum absolute atomic E-state index is 11.3. The zero-order valence-corrected chi connectivity index (χ0v) is 14.3. The number of hydrogen-bond acceptors (Lipinski definition) is 4. The number of hydrogen-bond donors (Lipinski definition) is 0. The number of likely N-dealkylation sites (tertiary alicyclic amines) is 1. The van der Waals surface area contributed by atoms with Gasteiger partial charge < -0.3 is 9.47 Å². The van der Waals surface area contributed by atoms with Crippen LogP contribution in [0.25, 0.3) is 10.9 Å². The van der Waals surface area contributed by atoms with E-state index < -0.39 is 10.1 Å². The van der Waals surface area contributed by atoms with Crippen molar-refractivity contribution in [1.82, 2.24) is 9.47 Å². The molecule has 2 aromatic rings. The highest BCUT2D eigenvalue weighted by molar-refractivity contribution is 7.85. The molecule has 6 heteroatoms. The first kappa shape index (κ1) is 15.2. The Bertz CT molecular complexity index is 856. The molecular formula is C17H22N2O3S. The van der Waals surface area contributed by atoms with Gasteiger partial charge >= 0.3 is 0 Å². The minimum absolute atomic E-state index is 0.0456. The second kappa shape index (κ2) is 5.33. The van der Waals surface area contributed by atoms with Gasteiger partial charge in [0.2, 0.25) is 0 Å². The molecule has 4 rings (SSSR count). The summed E-state index contributed by atoms with van der Waals surface area (Å²) in [6.45, 7) is 1.20. The molecule has 124 valence electrons. The summed E-state index contributed by atoms with van der Waals surface area (Å²) in [6.07, 6.45) is 6.66. The molecule has 1 saturated heterocycles. The van der Waals surface area contributed by atoms with Crippen molar-refractivity contribution in [1.29, 1.82) is 0 Å². The van der Waals surface area contributed by atoms with Gasteiger partial charge in [-0.15, -0.1) is 0 Å². The van der Waals surface area contributed by atoms with Gasteiger partial charge in [-0.3, -0.25) is 0 Å². The fourth-order valence-corrected chi connectivity index (χ4v) is 4.61. The van der Waals surface area contributed by atoms with Crippen molar-refractivity contribution in [2.24, 2.45) is 0 Å². The van der Waals surface area contributed by atoms with Crippen LogP contribution in [0.4, 0.5) is 0 Å². The third-order valence-electron chi connectivity index (χ3n) is 5.31. The van der Waals surface area contributed by atoms with Crippen LogP contribution in [-0.4, -0.2) is 43.8 Å². The SMILES string of the molecule is CN1CCC[C@@H]2c3cccc4c3c(cn4COS(C)(=O)=O)C[C@H]21. The van der Waals surface area contributed by atoms with Crippen LogP contribution in [-0.2, 0) is 27.5 Å². The van der Waals surface area contributed by atoms with E-state index in [2.05, 4.69) is 36.3 Å². The number of fused-ring (bicyclic) bond motifs is 2. The van der Waals surface area contributed by atoms with Gasteiger partial charge in [0.25, 0.3) is 10.1 Å². The molecule has 2 heterocycles. The highest BCUT2D eigenvalue weighted by Gasteiger charge is 2.36. The van der Waals surface area contributed by atoms with E-state index in [1.165, 1.54) is 29.4 Å². The summed E-state index contributed by atoms with van der Waals surface area (Å²) in [5.74, 6) is 0.580. The highest BCUT2D eigenvalue weighted by Crippen LogP contribution is 2.43. The minimum atomic E-state index is -3.44. The van der Waals surface area contributed by atoms with Crippen LogP contribution < -0.4 is 0 Å². The number of benzene rings is 1. The Hall–Kier alpha value is -1.37. The van der Waals surface area contributed by atoms with E-state index in [4.69, 9.17) is 4.18 Å². The Morgan fingerprint density at radius 2 is 2.17 bits per heavy atom. The van der Waals surface area contributed by atoms with Crippen molar-refractivity contribution >= 4 is 21.0 Å². The molecule has 5 nitrogen and oxygen atoms in total. The molecule has 2 atom stereocenters. The van der Waals surface area contributed by atoms with Gasteiger partial charge in [-0.25, -0.2) is 4.18 Å². The quantitative estimate of drug-likeness (QED) is 0.808. The standard InChI is InChI=1S/C17H22N2O3S/c1-18-8-4-6-13-14-5-3-7-15-17(14)12(9-16(13)18)10-19(15)11-22-23(2,20)21/h3,5,7,10,13,16H,4,6,8-9,11H2,1-2H3/t13-,16-/m1/s1. The Morgan fingerprint density at radius 3 is 2.96 bits per heavy atom. The largest absolute Gasteiger partial charge is 0.322 e. The minimum Gasteiger partial charge on any atom is -0.322 e. The summed E-state index contributed by atoms with van der Waals surface area (Å²) >= 11 is 0.